The number of carboxylic acid groups (broad SMARTS) is 1. The van der Waals surface area contributed by atoms with E-state index in [2.05, 4.69) is 0 Å². The van der Waals surface area contributed by atoms with E-state index in [0.29, 0.717) is 4.90 Å². The molecule has 0 saturated carbocycles. The molecule has 1 aliphatic heterocycles. The van der Waals surface area contributed by atoms with Crippen molar-refractivity contribution < 1.29 is 29.0 Å². The third-order valence-corrected chi connectivity index (χ3v) is 2.46. The number of nitrogens with zero attached hydrogens (tertiary/aromatic N) is 1. The van der Waals surface area contributed by atoms with Gasteiger partial charge in [0.2, 0.25) is 11.8 Å². The molecule has 0 radical (unpaired) electrons. The van der Waals surface area contributed by atoms with Gasteiger partial charge in [0.05, 0.1) is 12.3 Å². The number of imide groups is 1. The highest BCUT2D eigenvalue weighted by Gasteiger charge is 2.41. The highest BCUT2D eigenvalue weighted by Crippen LogP contribution is 2.23. The Morgan fingerprint density at radius 3 is 2.42 bits per heavy atom. The van der Waals surface area contributed by atoms with Crippen LogP contribution in [-0.2, 0) is 23.9 Å². The lowest BCUT2D eigenvalue weighted by atomic mass is 10.0. The molecule has 1 rings (SSSR count). The van der Waals surface area contributed by atoms with Crippen LogP contribution in [0.15, 0.2) is 0 Å². The first-order chi connectivity index (χ1) is 8.60. The minimum absolute atomic E-state index is 0.147. The van der Waals surface area contributed by atoms with E-state index in [0.717, 1.165) is 0 Å². The van der Waals surface area contributed by atoms with E-state index < -0.39 is 41.8 Å². The van der Waals surface area contributed by atoms with E-state index in [-0.39, 0.29) is 12.8 Å². The number of carboxylic acids is 1. The SMILES string of the molecule is CC(C)(C)OC(=O)CC1CC(=O)N(CC(=O)O)C1=O. The molecule has 1 fully saturated rings. The Balaban J connectivity index is 2.62. The Bertz CT molecular complexity index is 422. The first-order valence-corrected chi connectivity index (χ1v) is 5.88. The van der Waals surface area contributed by atoms with Gasteiger partial charge in [-0.15, -0.1) is 0 Å². The average Bonchev–Trinajstić information content (AvgIpc) is 2.42. The van der Waals surface area contributed by atoms with Crippen LogP contribution in [0.1, 0.15) is 33.6 Å². The second-order valence-corrected chi connectivity index (χ2v) is 5.40. The molecule has 1 saturated heterocycles. The number of esters is 1. The third kappa shape index (κ3) is 4.35. The lowest BCUT2D eigenvalue weighted by Gasteiger charge is -2.20. The molecule has 106 valence electrons. The molecule has 0 aromatic heterocycles. The fourth-order valence-electron chi connectivity index (χ4n) is 1.80. The van der Waals surface area contributed by atoms with Crippen molar-refractivity contribution in [3.63, 3.8) is 0 Å². The normalized spacial score (nSPS) is 19.7. The van der Waals surface area contributed by atoms with Crippen molar-refractivity contribution in [1.82, 2.24) is 4.90 Å². The maximum atomic E-state index is 11.8. The van der Waals surface area contributed by atoms with Gasteiger partial charge in [0.25, 0.3) is 0 Å². The number of hydrogen-bond acceptors (Lipinski definition) is 5. The van der Waals surface area contributed by atoms with Gasteiger partial charge in [-0.3, -0.25) is 24.1 Å². The van der Waals surface area contributed by atoms with Gasteiger partial charge in [-0.05, 0) is 20.8 Å². The summed E-state index contributed by atoms with van der Waals surface area (Å²) in [4.78, 5) is 46.0. The molecule has 1 aliphatic rings. The van der Waals surface area contributed by atoms with Crippen LogP contribution in [0.5, 0.6) is 0 Å². The van der Waals surface area contributed by atoms with Crippen molar-refractivity contribution in [2.24, 2.45) is 5.92 Å². The maximum absolute atomic E-state index is 11.8. The van der Waals surface area contributed by atoms with Crippen molar-refractivity contribution in [1.29, 1.82) is 0 Å². The summed E-state index contributed by atoms with van der Waals surface area (Å²) in [6.07, 6.45) is -0.358. The van der Waals surface area contributed by atoms with Crippen molar-refractivity contribution >= 4 is 23.8 Å². The molecular weight excluding hydrogens is 254 g/mol. The van der Waals surface area contributed by atoms with Crippen LogP contribution in [-0.4, -0.2) is 45.9 Å². The highest BCUT2D eigenvalue weighted by atomic mass is 16.6. The van der Waals surface area contributed by atoms with Gasteiger partial charge in [0, 0.05) is 6.42 Å². The number of aliphatic carboxylic acids is 1. The summed E-state index contributed by atoms with van der Waals surface area (Å²) in [5.74, 6) is -3.85. The molecule has 1 atom stereocenters. The van der Waals surface area contributed by atoms with Crippen molar-refractivity contribution in [2.45, 2.75) is 39.2 Å². The molecular formula is C12H17NO6. The van der Waals surface area contributed by atoms with Gasteiger partial charge in [-0.25, -0.2) is 0 Å². The summed E-state index contributed by atoms with van der Waals surface area (Å²) in [7, 11) is 0. The Labute approximate surface area is 110 Å². The largest absolute Gasteiger partial charge is 0.480 e. The average molecular weight is 271 g/mol. The van der Waals surface area contributed by atoms with Crippen molar-refractivity contribution in [3.8, 4) is 0 Å². The molecule has 1 N–H and O–H groups in total. The second kappa shape index (κ2) is 5.38. The lowest BCUT2D eigenvalue weighted by molar-refractivity contribution is -0.157. The quantitative estimate of drug-likeness (QED) is 0.578. The van der Waals surface area contributed by atoms with E-state index in [1.807, 2.05) is 0 Å². The molecule has 7 nitrogen and oxygen atoms in total. The van der Waals surface area contributed by atoms with Gasteiger partial charge < -0.3 is 9.84 Å². The molecule has 0 aromatic rings. The molecule has 19 heavy (non-hydrogen) atoms. The van der Waals surface area contributed by atoms with Gasteiger partial charge >= 0.3 is 11.9 Å². The Kier molecular flexibility index (Phi) is 4.28. The van der Waals surface area contributed by atoms with E-state index in [9.17, 15) is 19.2 Å². The predicted molar refractivity (Wildman–Crippen MR) is 62.9 cm³/mol. The molecule has 0 aliphatic carbocycles. The molecule has 7 heteroatoms. The molecule has 0 spiro atoms. The Morgan fingerprint density at radius 1 is 1.37 bits per heavy atom. The molecule has 0 bridgehead atoms. The van der Waals surface area contributed by atoms with Crippen LogP contribution in [0.2, 0.25) is 0 Å². The number of ether oxygens (including phenoxy) is 1. The standard InChI is InChI=1S/C12H17NO6/c1-12(2,3)19-10(17)5-7-4-8(14)13(11(7)18)6-9(15)16/h7H,4-6H2,1-3H3,(H,15,16). The van der Waals surface area contributed by atoms with Crippen LogP contribution in [0.4, 0.5) is 0 Å². The summed E-state index contributed by atoms with van der Waals surface area (Å²) in [6, 6.07) is 0. The third-order valence-electron chi connectivity index (χ3n) is 2.46. The highest BCUT2D eigenvalue weighted by molar-refractivity contribution is 6.06. The summed E-state index contributed by atoms with van der Waals surface area (Å²) in [5.41, 5.74) is -0.663. The molecule has 1 heterocycles. The number of likely N-dealkylation sites (tertiary alicyclic amines) is 1. The zero-order chi connectivity index (χ0) is 14.8. The fourth-order valence-corrected chi connectivity index (χ4v) is 1.80. The summed E-state index contributed by atoms with van der Waals surface area (Å²) in [5, 5.41) is 8.59. The smallest absolute Gasteiger partial charge is 0.323 e. The molecule has 0 aromatic carbocycles. The van der Waals surface area contributed by atoms with Gasteiger partial charge in [0.15, 0.2) is 0 Å². The number of hydrogen-bond donors (Lipinski definition) is 1. The predicted octanol–water partition coefficient (Wildman–Crippen LogP) is 0.178. The van der Waals surface area contributed by atoms with Gasteiger partial charge in [-0.2, -0.15) is 0 Å². The first-order valence-electron chi connectivity index (χ1n) is 5.88. The zero-order valence-electron chi connectivity index (χ0n) is 11.1. The maximum Gasteiger partial charge on any atom is 0.323 e. The summed E-state index contributed by atoms with van der Waals surface area (Å²) in [6.45, 7) is 4.43. The van der Waals surface area contributed by atoms with Crippen LogP contribution >= 0.6 is 0 Å². The van der Waals surface area contributed by atoms with Gasteiger partial charge in [0.1, 0.15) is 12.1 Å². The van der Waals surface area contributed by atoms with E-state index in [1.165, 1.54) is 0 Å². The summed E-state index contributed by atoms with van der Waals surface area (Å²) < 4.78 is 5.06. The first kappa shape index (κ1) is 15.1. The molecule has 1 unspecified atom stereocenters. The number of carbonyl (C=O) groups is 4. The number of amides is 2. The van der Waals surface area contributed by atoms with E-state index in [4.69, 9.17) is 9.84 Å². The van der Waals surface area contributed by atoms with Crippen LogP contribution in [0, 0.1) is 5.92 Å². The van der Waals surface area contributed by atoms with Gasteiger partial charge in [-0.1, -0.05) is 0 Å². The fraction of sp³-hybridized carbons (Fsp3) is 0.667. The van der Waals surface area contributed by atoms with Crippen molar-refractivity contribution in [3.05, 3.63) is 0 Å². The van der Waals surface area contributed by atoms with Crippen LogP contribution < -0.4 is 0 Å². The Morgan fingerprint density at radius 2 is 1.95 bits per heavy atom. The minimum Gasteiger partial charge on any atom is -0.480 e. The molecule has 2 amide bonds. The summed E-state index contributed by atoms with van der Waals surface area (Å²) >= 11 is 0. The Hall–Kier alpha value is -1.92. The zero-order valence-corrected chi connectivity index (χ0v) is 11.1. The topological polar surface area (TPSA) is 101 Å². The second-order valence-electron chi connectivity index (χ2n) is 5.40. The van der Waals surface area contributed by atoms with E-state index >= 15 is 0 Å². The number of rotatable bonds is 4. The monoisotopic (exact) mass is 271 g/mol. The van der Waals surface area contributed by atoms with Crippen molar-refractivity contribution in [2.75, 3.05) is 6.54 Å². The minimum atomic E-state index is -1.26. The van der Waals surface area contributed by atoms with Crippen LogP contribution in [0.3, 0.4) is 0 Å². The number of carbonyl (C=O) groups excluding carboxylic acids is 3. The van der Waals surface area contributed by atoms with Crippen LogP contribution in [0.25, 0.3) is 0 Å². The lowest BCUT2D eigenvalue weighted by Crippen LogP contribution is -2.36. The van der Waals surface area contributed by atoms with E-state index in [1.54, 1.807) is 20.8 Å².